The number of allylic oxidation sites excluding steroid dienone is 1. The zero-order valence-corrected chi connectivity index (χ0v) is 24.5. The summed E-state index contributed by atoms with van der Waals surface area (Å²) in [5, 5.41) is 0.552. The van der Waals surface area contributed by atoms with Crippen LogP contribution in [0.2, 0.25) is 0 Å². The molecule has 7 heteroatoms. The van der Waals surface area contributed by atoms with E-state index in [2.05, 4.69) is 26.8 Å². The number of hydrogen-bond donors (Lipinski definition) is 0. The second kappa shape index (κ2) is 10.7. The lowest BCUT2D eigenvalue weighted by Crippen LogP contribution is -2.51. The van der Waals surface area contributed by atoms with Gasteiger partial charge in [0.2, 0.25) is 0 Å². The topological polar surface area (TPSA) is 90.0 Å². The van der Waals surface area contributed by atoms with Crippen LogP contribution in [0.4, 0.5) is 4.79 Å². The summed E-state index contributed by atoms with van der Waals surface area (Å²) in [5.41, 5.74) is 1.89. The largest absolute Gasteiger partial charge is 0.534 e. The predicted molar refractivity (Wildman–Crippen MR) is 146 cm³/mol. The Hall–Kier alpha value is -2.18. The second-order valence-corrected chi connectivity index (χ2v) is 14.0. The molecule has 216 valence electrons. The van der Waals surface area contributed by atoms with Gasteiger partial charge in [0.05, 0.1) is 0 Å². The first kappa shape index (κ1) is 28.4. The van der Waals surface area contributed by atoms with Crippen molar-refractivity contribution >= 4 is 23.8 Å². The Morgan fingerprint density at radius 3 is 2.41 bits per heavy atom. The summed E-state index contributed by atoms with van der Waals surface area (Å²) in [6.45, 7) is 11.4. The summed E-state index contributed by atoms with van der Waals surface area (Å²) >= 11 is 0. The second-order valence-electron chi connectivity index (χ2n) is 14.0. The van der Waals surface area contributed by atoms with Crippen molar-refractivity contribution < 1.29 is 28.8 Å². The molecule has 4 aliphatic carbocycles. The van der Waals surface area contributed by atoms with Crippen molar-refractivity contribution in [3.05, 3.63) is 11.6 Å². The standard InChI is InChI=1S/C32H47NO6/c1-19(2)27(34)11-6-20(3)24-9-10-25-23-8-7-21-18-22(38-30(37)39-33-28(35)12-13-29(33)36)14-16-31(21,4)26(23)15-17-32(24,25)5/h7,19-20,22-26H,6,8-18H2,1-5H3/t20-,22+,23?,24-,25+,26+,31+,32-/m1/s1. The van der Waals surface area contributed by atoms with Crippen LogP contribution in [-0.4, -0.2) is 34.9 Å². The van der Waals surface area contributed by atoms with E-state index in [9.17, 15) is 19.2 Å². The number of hydrogen-bond acceptors (Lipinski definition) is 6. The number of Topliss-reactive ketones (excluding diaryl/α,β-unsaturated/α-hetero) is 1. The van der Waals surface area contributed by atoms with Crippen LogP contribution in [0.25, 0.3) is 0 Å². The van der Waals surface area contributed by atoms with Crippen molar-refractivity contribution in [1.82, 2.24) is 5.06 Å². The number of carbonyl (C=O) groups is 4. The van der Waals surface area contributed by atoms with Crippen molar-refractivity contribution in [2.24, 2.45) is 46.3 Å². The van der Waals surface area contributed by atoms with Gasteiger partial charge in [-0.2, -0.15) is 0 Å². The van der Waals surface area contributed by atoms with E-state index in [1.807, 2.05) is 13.8 Å². The Balaban J connectivity index is 1.22. The molecule has 0 N–H and O–H groups in total. The summed E-state index contributed by atoms with van der Waals surface area (Å²) in [5.74, 6) is 2.91. The van der Waals surface area contributed by atoms with Crippen LogP contribution in [0.5, 0.6) is 0 Å². The first-order valence-corrected chi connectivity index (χ1v) is 15.4. The van der Waals surface area contributed by atoms with Gasteiger partial charge in [0.15, 0.2) is 0 Å². The number of amides is 2. The van der Waals surface area contributed by atoms with E-state index in [1.165, 1.54) is 31.3 Å². The quantitative estimate of drug-likeness (QED) is 0.200. The minimum absolute atomic E-state index is 0.0703. The number of ketones is 1. The molecule has 4 fully saturated rings. The van der Waals surface area contributed by atoms with Crippen LogP contribution in [0.15, 0.2) is 11.6 Å². The maximum absolute atomic E-state index is 12.4. The summed E-state index contributed by atoms with van der Waals surface area (Å²) < 4.78 is 5.59. The molecule has 5 rings (SSSR count). The molecular weight excluding hydrogens is 494 g/mol. The molecule has 1 saturated heterocycles. The zero-order chi connectivity index (χ0) is 28.1. The fourth-order valence-corrected chi connectivity index (χ4v) is 9.45. The fourth-order valence-electron chi connectivity index (χ4n) is 9.45. The lowest BCUT2D eigenvalue weighted by atomic mass is 9.47. The third kappa shape index (κ3) is 5.08. The molecule has 39 heavy (non-hydrogen) atoms. The van der Waals surface area contributed by atoms with E-state index >= 15 is 0 Å². The minimum Gasteiger partial charge on any atom is -0.429 e. The smallest absolute Gasteiger partial charge is 0.429 e. The Morgan fingerprint density at radius 2 is 1.72 bits per heavy atom. The van der Waals surface area contributed by atoms with E-state index in [0.29, 0.717) is 52.8 Å². The number of ether oxygens (including phenoxy) is 1. The molecular formula is C32H47NO6. The molecule has 1 unspecified atom stereocenters. The van der Waals surface area contributed by atoms with Gasteiger partial charge in [-0.15, -0.1) is 0 Å². The number of imide groups is 1. The number of nitrogens with zero attached hydrogens (tertiary/aromatic N) is 1. The van der Waals surface area contributed by atoms with Crippen LogP contribution in [0.1, 0.15) is 112 Å². The van der Waals surface area contributed by atoms with Gasteiger partial charge in [-0.3, -0.25) is 19.2 Å². The first-order valence-electron chi connectivity index (χ1n) is 15.4. The Bertz CT molecular complexity index is 1030. The molecule has 2 amide bonds. The summed E-state index contributed by atoms with van der Waals surface area (Å²) in [4.78, 5) is 53.1. The molecule has 0 bridgehead atoms. The SMILES string of the molecule is CC(C)C(=O)CC[C@@H](C)[C@H]1CC[C@H]2C3CC=C4C[C@@H](OC(=O)ON5C(=O)CCC5=O)CC[C@]4(C)[C@H]3CC[C@]12C. The average Bonchev–Trinajstić information content (AvgIpc) is 3.41. The minimum atomic E-state index is -0.962. The van der Waals surface area contributed by atoms with E-state index in [0.717, 1.165) is 31.6 Å². The maximum atomic E-state index is 12.4. The summed E-state index contributed by atoms with van der Waals surface area (Å²) in [6, 6.07) is 0. The first-order chi connectivity index (χ1) is 18.4. The lowest BCUT2D eigenvalue weighted by Gasteiger charge is -2.58. The van der Waals surface area contributed by atoms with Gasteiger partial charge < -0.3 is 4.74 Å². The molecule has 0 aromatic carbocycles. The Labute approximate surface area is 233 Å². The van der Waals surface area contributed by atoms with Crippen molar-refractivity contribution in [3.63, 3.8) is 0 Å². The van der Waals surface area contributed by atoms with Crippen molar-refractivity contribution in [3.8, 4) is 0 Å². The van der Waals surface area contributed by atoms with E-state index in [4.69, 9.17) is 9.57 Å². The van der Waals surface area contributed by atoms with Crippen molar-refractivity contribution in [2.45, 2.75) is 118 Å². The predicted octanol–water partition coefficient (Wildman–Crippen LogP) is 6.79. The zero-order valence-electron chi connectivity index (χ0n) is 24.5. The van der Waals surface area contributed by atoms with Crippen LogP contribution < -0.4 is 0 Å². The Morgan fingerprint density at radius 1 is 1.00 bits per heavy atom. The van der Waals surface area contributed by atoms with Crippen LogP contribution in [-0.2, 0) is 24.0 Å². The monoisotopic (exact) mass is 541 g/mol. The summed E-state index contributed by atoms with van der Waals surface area (Å²) in [6.07, 6.45) is 11.7. The molecule has 1 aliphatic heterocycles. The van der Waals surface area contributed by atoms with Gasteiger partial charge in [0.25, 0.3) is 11.8 Å². The van der Waals surface area contributed by atoms with Crippen LogP contribution >= 0.6 is 0 Å². The molecule has 1 heterocycles. The van der Waals surface area contributed by atoms with Gasteiger partial charge in [-0.1, -0.05) is 51.3 Å². The van der Waals surface area contributed by atoms with Crippen LogP contribution in [0.3, 0.4) is 0 Å². The normalized spacial score (nSPS) is 38.6. The number of fused-ring (bicyclic) bond motifs is 5. The van der Waals surface area contributed by atoms with E-state index < -0.39 is 18.0 Å². The molecule has 5 aliphatic rings. The van der Waals surface area contributed by atoms with Crippen LogP contribution in [0, 0.1) is 46.3 Å². The molecule has 8 atom stereocenters. The van der Waals surface area contributed by atoms with Crippen molar-refractivity contribution in [2.75, 3.05) is 0 Å². The van der Waals surface area contributed by atoms with E-state index in [-0.39, 0.29) is 30.3 Å². The molecule has 0 spiro atoms. The lowest BCUT2D eigenvalue weighted by molar-refractivity contribution is -0.179. The molecule has 7 nitrogen and oxygen atoms in total. The molecule has 0 radical (unpaired) electrons. The third-order valence-electron chi connectivity index (χ3n) is 11.7. The average molecular weight is 542 g/mol. The highest BCUT2D eigenvalue weighted by molar-refractivity contribution is 6.01. The number of rotatable bonds is 7. The highest BCUT2D eigenvalue weighted by Crippen LogP contribution is 2.67. The van der Waals surface area contributed by atoms with Gasteiger partial charge in [0.1, 0.15) is 11.9 Å². The van der Waals surface area contributed by atoms with Crippen molar-refractivity contribution in [1.29, 1.82) is 0 Å². The van der Waals surface area contributed by atoms with Gasteiger partial charge in [0, 0.05) is 31.6 Å². The molecule has 0 aromatic heterocycles. The number of hydroxylamine groups is 2. The fraction of sp³-hybridized carbons (Fsp3) is 0.812. The molecule has 0 aromatic rings. The highest BCUT2D eigenvalue weighted by atomic mass is 16.8. The third-order valence-corrected chi connectivity index (χ3v) is 11.7. The van der Waals surface area contributed by atoms with Gasteiger partial charge >= 0.3 is 6.16 Å². The number of carbonyl (C=O) groups excluding carboxylic acids is 4. The summed E-state index contributed by atoms with van der Waals surface area (Å²) in [7, 11) is 0. The maximum Gasteiger partial charge on any atom is 0.534 e. The Kier molecular flexibility index (Phi) is 7.75. The molecule has 3 saturated carbocycles. The van der Waals surface area contributed by atoms with Gasteiger partial charge in [-0.05, 0) is 91.8 Å². The van der Waals surface area contributed by atoms with E-state index in [1.54, 1.807) is 0 Å². The van der Waals surface area contributed by atoms with Gasteiger partial charge in [-0.25, -0.2) is 4.79 Å². The highest BCUT2D eigenvalue weighted by Gasteiger charge is 2.59.